The van der Waals surface area contributed by atoms with E-state index in [0.717, 1.165) is 12.8 Å². The fourth-order valence-corrected chi connectivity index (χ4v) is 2.39. The van der Waals surface area contributed by atoms with Crippen molar-refractivity contribution in [2.75, 3.05) is 5.32 Å². The van der Waals surface area contributed by atoms with Crippen LogP contribution in [0.5, 0.6) is 0 Å². The smallest absolute Gasteiger partial charge is 0.254 e. The maximum absolute atomic E-state index is 12.0. The lowest BCUT2D eigenvalue weighted by atomic mass is 10.2. The van der Waals surface area contributed by atoms with Gasteiger partial charge in [0.15, 0.2) is 5.82 Å². The van der Waals surface area contributed by atoms with E-state index in [1.807, 2.05) is 0 Å². The zero-order chi connectivity index (χ0) is 14.7. The minimum atomic E-state index is -0.120. The van der Waals surface area contributed by atoms with Gasteiger partial charge in [0, 0.05) is 24.5 Å². The highest BCUT2D eigenvalue weighted by Gasteiger charge is 2.18. The first-order chi connectivity index (χ1) is 10.2. The Morgan fingerprint density at radius 1 is 1.29 bits per heavy atom. The molecule has 2 aromatic heterocycles. The number of aryl methyl sites for hydroxylation is 1. The van der Waals surface area contributed by atoms with Crippen LogP contribution in [-0.4, -0.2) is 27.1 Å². The Hall–Kier alpha value is -2.44. The molecule has 7 nitrogen and oxygen atoms in total. The number of hydrogen-bond acceptors (Lipinski definition) is 6. The lowest BCUT2D eigenvalue weighted by molar-refractivity contribution is 0.0937. The standard InChI is InChI=1S/C14H17N5O2/c1-9-6-12(19-21-9)18-14-15-7-10(8-16-14)13(20)17-11-4-2-3-5-11/h6-8,11H,2-5H2,1H3,(H,17,20)(H,15,16,18,19). The van der Waals surface area contributed by atoms with E-state index in [4.69, 9.17) is 4.52 Å². The third-order valence-corrected chi connectivity index (χ3v) is 3.47. The molecule has 0 aliphatic heterocycles. The molecule has 0 aromatic carbocycles. The zero-order valence-electron chi connectivity index (χ0n) is 11.8. The summed E-state index contributed by atoms with van der Waals surface area (Å²) < 4.78 is 4.94. The van der Waals surface area contributed by atoms with Crippen molar-refractivity contribution in [3.8, 4) is 0 Å². The molecule has 2 aromatic rings. The Bertz CT molecular complexity index is 617. The van der Waals surface area contributed by atoms with Crippen molar-refractivity contribution in [1.82, 2.24) is 20.4 Å². The summed E-state index contributed by atoms with van der Waals surface area (Å²) in [5.41, 5.74) is 0.462. The number of nitrogens with one attached hydrogen (secondary N) is 2. The molecule has 1 fully saturated rings. The van der Waals surface area contributed by atoms with Gasteiger partial charge in [0.1, 0.15) is 5.76 Å². The monoisotopic (exact) mass is 287 g/mol. The minimum absolute atomic E-state index is 0.120. The second kappa shape index (κ2) is 5.90. The van der Waals surface area contributed by atoms with Gasteiger partial charge >= 0.3 is 0 Å². The number of nitrogens with zero attached hydrogens (tertiary/aromatic N) is 3. The van der Waals surface area contributed by atoms with Crippen LogP contribution in [0.3, 0.4) is 0 Å². The highest BCUT2D eigenvalue weighted by atomic mass is 16.5. The summed E-state index contributed by atoms with van der Waals surface area (Å²) in [6.45, 7) is 1.80. The summed E-state index contributed by atoms with van der Waals surface area (Å²) >= 11 is 0. The van der Waals surface area contributed by atoms with Crippen molar-refractivity contribution in [3.05, 3.63) is 29.8 Å². The first-order valence-corrected chi connectivity index (χ1v) is 7.04. The third kappa shape index (κ3) is 3.36. The van der Waals surface area contributed by atoms with E-state index in [0.29, 0.717) is 23.1 Å². The molecule has 1 aliphatic carbocycles. The Morgan fingerprint density at radius 2 is 2.00 bits per heavy atom. The van der Waals surface area contributed by atoms with Gasteiger partial charge in [-0.25, -0.2) is 9.97 Å². The second-order valence-corrected chi connectivity index (χ2v) is 5.20. The highest BCUT2D eigenvalue weighted by Crippen LogP contribution is 2.18. The van der Waals surface area contributed by atoms with E-state index in [1.54, 1.807) is 13.0 Å². The Kier molecular flexibility index (Phi) is 3.81. The Morgan fingerprint density at radius 3 is 2.62 bits per heavy atom. The summed E-state index contributed by atoms with van der Waals surface area (Å²) in [5, 5.41) is 9.70. The van der Waals surface area contributed by atoms with Crippen LogP contribution in [0, 0.1) is 6.92 Å². The van der Waals surface area contributed by atoms with Gasteiger partial charge in [0.05, 0.1) is 5.56 Å². The largest absolute Gasteiger partial charge is 0.360 e. The summed E-state index contributed by atoms with van der Waals surface area (Å²) in [5.74, 6) is 1.49. The van der Waals surface area contributed by atoms with Gasteiger partial charge in [-0.3, -0.25) is 4.79 Å². The maximum atomic E-state index is 12.0. The SMILES string of the molecule is Cc1cc(Nc2ncc(C(=O)NC3CCCC3)cn2)no1. The van der Waals surface area contributed by atoms with E-state index in [9.17, 15) is 4.79 Å². The summed E-state index contributed by atoms with van der Waals surface area (Å²) in [4.78, 5) is 20.3. The predicted octanol–water partition coefficient (Wildman–Crippen LogP) is 2.19. The molecule has 0 unspecified atom stereocenters. The summed E-state index contributed by atoms with van der Waals surface area (Å²) in [6.07, 6.45) is 7.48. The average Bonchev–Trinajstić information content (AvgIpc) is 3.12. The quantitative estimate of drug-likeness (QED) is 0.895. The van der Waals surface area contributed by atoms with Crippen molar-refractivity contribution in [3.63, 3.8) is 0 Å². The van der Waals surface area contributed by atoms with Gasteiger partial charge in [-0.15, -0.1) is 0 Å². The van der Waals surface area contributed by atoms with Crippen molar-refractivity contribution in [1.29, 1.82) is 0 Å². The number of aromatic nitrogens is 3. The van der Waals surface area contributed by atoms with Crippen molar-refractivity contribution in [2.24, 2.45) is 0 Å². The molecule has 1 aliphatic rings. The molecule has 0 radical (unpaired) electrons. The topological polar surface area (TPSA) is 92.9 Å². The molecule has 2 N–H and O–H groups in total. The van der Waals surface area contributed by atoms with Crippen LogP contribution in [0.25, 0.3) is 0 Å². The number of carbonyl (C=O) groups is 1. The Labute approximate surface area is 122 Å². The lowest BCUT2D eigenvalue weighted by Crippen LogP contribution is -2.32. The van der Waals surface area contributed by atoms with Crippen molar-refractivity contribution in [2.45, 2.75) is 38.6 Å². The van der Waals surface area contributed by atoms with Gasteiger partial charge in [-0.1, -0.05) is 18.0 Å². The first kappa shape index (κ1) is 13.5. The molecule has 0 bridgehead atoms. The number of hydrogen-bond donors (Lipinski definition) is 2. The van der Waals surface area contributed by atoms with Crippen LogP contribution in [-0.2, 0) is 0 Å². The van der Waals surface area contributed by atoms with Gasteiger partial charge in [0.25, 0.3) is 5.91 Å². The molecule has 0 spiro atoms. The molecule has 3 rings (SSSR count). The van der Waals surface area contributed by atoms with Crippen LogP contribution in [0.2, 0.25) is 0 Å². The summed E-state index contributed by atoms with van der Waals surface area (Å²) in [6, 6.07) is 2.03. The molecular formula is C14H17N5O2. The van der Waals surface area contributed by atoms with Crippen LogP contribution in [0.15, 0.2) is 23.0 Å². The molecule has 0 saturated heterocycles. The molecule has 110 valence electrons. The Balaban J connectivity index is 1.61. The normalized spacial score (nSPS) is 15.1. The van der Waals surface area contributed by atoms with E-state index in [2.05, 4.69) is 25.8 Å². The average molecular weight is 287 g/mol. The fourth-order valence-electron chi connectivity index (χ4n) is 2.39. The van der Waals surface area contributed by atoms with Crippen LogP contribution >= 0.6 is 0 Å². The van der Waals surface area contributed by atoms with Crippen molar-refractivity contribution >= 4 is 17.7 Å². The number of carbonyl (C=O) groups excluding carboxylic acids is 1. The van der Waals surface area contributed by atoms with Crippen LogP contribution < -0.4 is 10.6 Å². The lowest BCUT2D eigenvalue weighted by Gasteiger charge is -2.11. The fraction of sp³-hybridized carbons (Fsp3) is 0.429. The number of amides is 1. The van der Waals surface area contributed by atoms with E-state index >= 15 is 0 Å². The molecule has 1 amide bonds. The van der Waals surface area contributed by atoms with Crippen molar-refractivity contribution < 1.29 is 9.32 Å². The van der Waals surface area contributed by atoms with Gasteiger partial charge in [0.2, 0.25) is 5.95 Å². The molecular weight excluding hydrogens is 270 g/mol. The van der Waals surface area contributed by atoms with E-state index < -0.39 is 0 Å². The molecule has 0 atom stereocenters. The molecule has 7 heteroatoms. The third-order valence-electron chi connectivity index (χ3n) is 3.47. The molecule has 1 saturated carbocycles. The minimum Gasteiger partial charge on any atom is -0.360 e. The second-order valence-electron chi connectivity index (χ2n) is 5.20. The van der Waals surface area contributed by atoms with Crippen LogP contribution in [0.4, 0.5) is 11.8 Å². The number of rotatable bonds is 4. The number of anilines is 2. The zero-order valence-corrected chi connectivity index (χ0v) is 11.8. The van der Waals surface area contributed by atoms with Gasteiger partial charge < -0.3 is 15.2 Å². The van der Waals surface area contributed by atoms with E-state index in [1.165, 1.54) is 25.2 Å². The molecule has 2 heterocycles. The van der Waals surface area contributed by atoms with Gasteiger partial charge in [-0.2, -0.15) is 0 Å². The predicted molar refractivity (Wildman–Crippen MR) is 76.3 cm³/mol. The maximum Gasteiger partial charge on any atom is 0.254 e. The van der Waals surface area contributed by atoms with E-state index in [-0.39, 0.29) is 11.9 Å². The summed E-state index contributed by atoms with van der Waals surface area (Å²) in [7, 11) is 0. The first-order valence-electron chi connectivity index (χ1n) is 7.04. The molecule has 21 heavy (non-hydrogen) atoms. The van der Waals surface area contributed by atoms with Crippen LogP contribution in [0.1, 0.15) is 41.8 Å². The highest BCUT2D eigenvalue weighted by molar-refractivity contribution is 5.93. The van der Waals surface area contributed by atoms with Gasteiger partial charge in [-0.05, 0) is 19.8 Å².